The van der Waals surface area contributed by atoms with Crippen molar-refractivity contribution >= 4 is 17.9 Å². The van der Waals surface area contributed by atoms with Crippen molar-refractivity contribution in [3.63, 3.8) is 0 Å². The van der Waals surface area contributed by atoms with Crippen molar-refractivity contribution in [2.24, 2.45) is 0 Å². The van der Waals surface area contributed by atoms with Gasteiger partial charge in [-0.3, -0.25) is 9.59 Å². The molecule has 0 bridgehead atoms. The minimum absolute atomic E-state index is 0.0438. The number of unbranched alkanes of at least 4 members (excludes halogenated alkanes) is 23. The molecule has 338 valence electrons. The molecule has 0 amide bonds. The maximum Gasteiger partial charge on any atom is 0.306 e. The maximum atomic E-state index is 12.7. The van der Waals surface area contributed by atoms with Gasteiger partial charge in [-0.2, -0.15) is 0 Å². The number of quaternary nitrogens is 1. The first-order chi connectivity index (χ1) is 28.1. The summed E-state index contributed by atoms with van der Waals surface area (Å²) in [6.07, 6.45) is 47.4. The van der Waals surface area contributed by atoms with E-state index in [0.29, 0.717) is 12.8 Å². The minimum atomic E-state index is -1.12. The number of esters is 2. The van der Waals surface area contributed by atoms with E-state index in [-0.39, 0.29) is 42.7 Å². The molecule has 8 heteroatoms. The van der Waals surface area contributed by atoms with Gasteiger partial charge in [-0.1, -0.05) is 185 Å². The van der Waals surface area contributed by atoms with Gasteiger partial charge in [0, 0.05) is 19.3 Å². The van der Waals surface area contributed by atoms with Gasteiger partial charge in [0.25, 0.3) is 0 Å². The van der Waals surface area contributed by atoms with Crippen molar-refractivity contribution in [1.29, 1.82) is 0 Å². The summed E-state index contributed by atoms with van der Waals surface area (Å²) in [6, 6.07) is -0.723. The second-order valence-electron chi connectivity index (χ2n) is 17.3. The number of hydrogen-bond donors (Lipinski definition) is 0. The molecule has 0 rings (SSSR count). The minimum Gasteiger partial charge on any atom is -0.544 e. The van der Waals surface area contributed by atoms with Gasteiger partial charge in [0.1, 0.15) is 12.6 Å². The Morgan fingerprint density at radius 1 is 0.534 bits per heavy atom. The fourth-order valence-electron chi connectivity index (χ4n) is 7.09. The second-order valence-corrected chi connectivity index (χ2v) is 17.3. The molecule has 0 saturated carbocycles. The molecule has 0 heterocycles. The van der Waals surface area contributed by atoms with Crippen LogP contribution in [0.25, 0.3) is 0 Å². The summed E-state index contributed by atoms with van der Waals surface area (Å²) in [5, 5.41) is 11.6. The summed E-state index contributed by atoms with van der Waals surface area (Å²) in [4.78, 5) is 36.9. The molecule has 0 radical (unpaired) electrons. The predicted molar refractivity (Wildman–Crippen MR) is 240 cm³/mol. The smallest absolute Gasteiger partial charge is 0.306 e. The molecule has 0 aliphatic carbocycles. The van der Waals surface area contributed by atoms with Crippen LogP contribution in [-0.4, -0.2) is 75.5 Å². The van der Waals surface area contributed by atoms with E-state index in [9.17, 15) is 19.5 Å². The average Bonchev–Trinajstić information content (AvgIpc) is 3.18. The van der Waals surface area contributed by atoms with Crippen molar-refractivity contribution in [2.75, 3.05) is 41.0 Å². The zero-order chi connectivity index (χ0) is 42.8. The predicted octanol–water partition coefficient (Wildman–Crippen LogP) is 12.1. The zero-order valence-electron chi connectivity index (χ0n) is 38.5. The number of carbonyl (C=O) groups is 3. The molecule has 8 nitrogen and oxygen atoms in total. The van der Waals surface area contributed by atoms with Crippen LogP contribution in [-0.2, 0) is 28.6 Å². The first-order valence-electron chi connectivity index (χ1n) is 24.0. The number of carboxylic acids is 1. The van der Waals surface area contributed by atoms with E-state index in [0.717, 1.165) is 57.8 Å². The highest BCUT2D eigenvalue weighted by Gasteiger charge is 2.25. The number of likely N-dealkylation sites (N-methyl/N-ethyl adjacent to an activating group) is 1. The zero-order valence-corrected chi connectivity index (χ0v) is 38.5. The third-order valence-electron chi connectivity index (χ3n) is 10.8. The third kappa shape index (κ3) is 39.0. The lowest BCUT2D eigenvalue weighted by Crippen LogP contribution is -2.55. The molecule has 0 fully saturated rings. The van der Waals surface area contributed by atoms with Crippen LogP contribution in [0.1, 0.15) is 213 Å². The number of carboxylic acid groups (broad SMARTS) is 1. The Labute approximate surface area is 357 Å². The first kappa shape index (κ1) is 55.5. The van der Waals surface area contributed by atoms with E-state index < -0.39 is 18.1 Å². The van der Waals surface area contributed by atoms with Crippen LogP contribution in [0.5, 0.6) is 0 Å². The third-order valence-corrected chi connectivity index (χ3v) is 10.8. The van der Waals surface area contributed by atoms with E-state index in [2.05, 4.69) is 50.3 Å². The van der Waals surface area contributed by atoms with Crippen molar-refractivity contribution in [1.82, 2.24) is 0 Å². The van der Waals surface area contributed by atoms with Crippen molar-refractivity contribution < 1.29 is 38.2 Å². The Morgan fingerprint density at radius 2 is 0.966 bits per heavy atom. The molecule has 0 aliphatic rings. The summed E-state index contributed by atoms with van der Waals surface area (Å²) >= 11 is 0. The number of rotatable bonds is 43. The fraction of sp³-hybridized carbons (Fsp3) is 0.820. The fourth-order valence-corrected chi connectivity index (χ4v) is 7.09. The highest BCUT2D eigenvalue weighted by molar-refractivity contribution is 5.70. The topological polar surface area (TPSA) is 102 Å². The van der Waals surface area contributed by atoms with Gasteiger partial charge in [-0.05, 0) is 44.9 Å². The number of allylic oxidation sites excluding steroid dienone is 6. The van der Waals surface area contributed by atoms with Gasteiger partial charge in [0.15, 0.2) is 6.10 Å². The van der Waals surface area contributed by atoms with E-state index in [1.54, 1.807) is 21.1 Å². The second kappa shape index (κ2) is 41.3. The quantitative estimate of drug-likeness (QED) is 0.0261. The van der Waals surface area contributed by atoms with Gasteiger partial charge in [0.2, 0.25) is 0 Å². The number of carbonyl (C=O) groups excluding carboxylic acids is 3. The van der Waals surface area contributed by atoms with Gasteiger partial charge < -0.3 is 28.6 Å². The Morgan fingerprint density at radius 3 is 1.43 bits per heavy atom. The average molecular weight is 818 g/mol. The number of aliphatic carboxylic acids is 1. The Kier molecular flexibility index (Phi) is 39.5. The van der Waals surface area contributed by atoms with Gasteiger partial charge >= 0.3 is 11.9 Å². The van der Waals surface area contributed by atoms with Crippen molar-refractivity contribution in [3.8, 4) is 0 Å². The van der Waals surface area contributed by atoms with Crippen LogP contribution in [0.3, 0.4) is 0 Å². The Hall–Kier alpha value is -2.45. The van der Waals surface area contributed by atoms with Gasteiger partial charge in [-0.25, -0.2) is 0 Å². The van der Waals surface area contributed by atoms with Crippen LogP contribution < -0.4 is 5.11 Å². The van der Waals surface area contributed by atoms with E-state index in [1.165, 1.54) is 122 Å². The molecule has 2 unspecified atom stereocenters. The van der Waals surface area contributed by atoms with Crippen LogP contribution in [0.4, 0.5) is 0 Å². The van der Waals surface area contributed by atoms with Crippen LogP contribution in [0.2, 0.25) is 0 Å². The lowest BCUT2D eigenvalue weighted by Gasteiger charge is -2.34. The van der Waals surface area contributed by atoms with E-state index in [4.69, 9.17) is 14.2 Å². The van der Waals surface area contributed by atoms with Crippen LogP contribution in [0.15, 0.2) is 36.5 Å². The molecule has 0 N–H and O–H groups in total. The Bertz CT molecular complexity index is 1050. The number of ether oxygens (including phenoxy) is 3. The molecule has 2 atom stereocenters. The monoisotopic (exact) mass is 818 g/mol. The highest BCUT2D eigenvalue weighted by Crippen LogP contribution is 2.16. The molecule has 0 spiro atoms. The molecular weight excluding hydrogens is 727 g/mol. The summed E-state index contributed by atoms with van der Waals surface area (Å²) in [5.74, 6) is -1.73. The molecule has 0 aromatic rings. The molecule has 0 aromatic carbocycles. The summed E-state index contributed by atoms with van der Waals surface area (Å²) in [5.41, 5.74) is 0. The van der Waals surface area contributed by atoms with Crippen LogP contribution >= 0.6 is 0 Å². The first-order valence-corrected chi connectivity index (χ1v) is 24.0. The lowest BCUT2D eigenvalue weighted by atomic mass is 10.0. The normalized spacial score (nSPS) is 13.2. The standard InChI is InChI=1S/C50H91NO7/c1-6-8-10-12-14-16-18-19-20-21-22-23-24-25-26-27-28-29-31-33-35-37-39-41-49(53)58-46(44-56-43-42-47(50(54)55)51(3,4)5)45-57-48(52)40-38-36-34-32-30-17-15-13-11-9-7-2/h8,10,14,16,19-20,46-47H,6-7,9,11-13,15,17-18,21-45H2,1-5H3/b10-8+,16-14+,20-19+. The van der Waals surface area contributed by atoms with Crippen molar-refractivity contribution in [2.45, 2.75) is 225 Å². The number of hydrogen-bond acceptors (Lipinski definition) is 7. The van der Waals surface area contributed by atoms with E-state index in [1.807, 2.05) is 0 Å². The van der Waals surface area contributed by atoms with Gasteiger partial charge in [-0.15, -0.1) is 0 Å². The maximum absolute atomic E-state index is 12.7. The molecule has 0 aromatic heterocycles. The summed E-state index contributed by atoms with van der Waals surface area (Å²) < 4.78 is 17.2. The SMILES string of the molecule is CC/C=C/C/C=C/C/C=C/CCCCCCCCCCCCCCCC(=O)OC(COCCC(C(=O)[O-])[N+](C)(C)C)COC(=O)CCCCCCCCCCCCC. The number of nitrogens with zero attached hydrogens (tertiary/aromatic N) is 1. The molecule has 0 saturated heterocycles. The van der Waals surface area contributed by atoms with Crippen molar-refractivity contribution in [3.05, 3.63) is 36.5 Å². The largest absolute Gasteiger partial charge is 0.544 e. The molecule has 0 aliphatic heterocycles. The molecular formula is C50H91NO7. The van der Waals surface area contributed by atoms with E-state index >= 15 is 0 Å². The Balaban J connectivity index is 4.18. The van der Waals surface area contributed by atoms with Gasteiger partial charge in [0.05, 0.1) is 40.3 Å². The highest BCUT2D eigenvalue weighted by atomic mass is 16.6. The van der Waals surface area contributed by atoms with Crippen LogP contribution in [0, 0.1) is 0 Å². The molecule has 58 heavy (non-hydrogen) atoms. The summed E-state index contributed by atoms with van der Waals surface area (Å²) in [7, 11) is 5.41. The lowest BCUT2D eigenvalue weighted by molar-refractivity contribution is -0.889. The summed E-state index contributed by atoms with van der Waals surface area (Å²) in [6.45, 7) is 4.56.